The van der Waals surface area contributed by atoms with E-state index in [1.165, 1.54) is 0 Å². The first kappa shape index (κ1) is 11.3. The number of carbonyl (C=O) groups is 1. The second kappa shape index (κ2) is 3.39. The van der Waals surface area contributed by atoms with Crippen LogP contribution < -0.4 is 5.73 Å². The molecule has 1 aliphatic heterocycles. The van der Waals surface area contributed by atoms with E-state index in [4.69, 9.17) is 10.8 Å². The van der Waals surface area contributed by atoms with E-state index in [9.17, 15) is 4.79 Å². The predicted molar refractivity (Wildman–Crippen MR) is 61.9 cm³/mol. The molecule has 3 nitrogen and oxygen atoms in total. The molecule has 3 N–H and O–H groups in total. The summed E-state index contributed by atoms with van der Waals surface area (Å²) in [6.07, 6.45) is 3.11. The number of rotatable bonds is 3. The van der Waals surface area contributed by atoms with Gasteiger partial charge in [-0.1, -0.05) is 13.8 Å². The SMILES string of the molecule is CC1(C)SCCC1C1(C(N)C(=O)O)CC1. The van der Waals surface area contributed by atoms with Gasteiger partial charge in [-0.25, -0.2) is 0 Å². The third kappa shape index (κ3) is 1.68. The van der Waals surface area contributed by atoms with Crippen LogP contribution in [0.25, 0.3) is 0 Å². The van der Waals surface area contributed by atoms with Crippen molar-refractivity contribution in [3.8, 4) is 0 Å². The predicted octanol–water partition coefficient (Wildman–Crippen LogP) is 1.71. The smallest absolute Gasteiger partial charge is 0.321 e. The number of hydrogen-bond acceptors (Lipinski definition) is 3. The molecule has 86 valence electrons. The summed E-state index contributed by atoms with van der Waals surface area (Å²) in [4.78, 5) is 11.0. The molecule has 1 saturated carbocycles. The van der Waals surface area contributed by atoms with E-state index in [2.05, 4.69) is 13.8 Å². The van der Waals surface area contributed by atoms with Crippen LogP contribution in [-0.4, -0.2) is 27.6 Å². The molecule has 0 aromatic carbocycles. The molecule has 0 amide bonds. The van der Waals surface area contributed by atoms with Gasteiger partial charge in [0.05, 0.1) is 0 Å². The zero-order chi connectivity index (χ0) is 11.3. The summed E-state index contributed by atoms with van der Waals surface area (Å²) < 4.78 is 0.198. The van der Waals surface area contributed by atoms with Crippen molar-refractivity contribution in [2.75, 3.05) is 5.75 Å². The van der Waals surface area contributed by atoms with E-state index >= 15 is 0 Å². The number of carboxylic acid groups (broad SMARTS) is 1. The second-order valence-corrected chi connectivity index (χ2v) is 7.09. The fourth-order valence-electron chi connectivity index (χ4n) is 3.13. The average Bonchev–Trinajstić information content (AvgIpc) is 2.85. The molecule has 4 heteroatoms. The van der Waals surface area contributed by atoms with Crippen LogP contribution in [0.4, 0.5) is 0 Å². The molecule has 2 unspecified atom stereocenters. The Hall–Kier alpha value is -0.220. The summed E-state index contributed by atoms with van der Waals surface area (Å²) in [5.74, 6) is 0.785. The van der Waals surface area contributed by atoms with Crippen molar-refractivity contribution in [2.24, 2.45) is 17.1 Å². The normalized spacial score (nSPS) is 33.7. The molecule has 0 aromatic rings. The lowest BCUT2D eigenvalue weighted by Gasteiger charge is -2.35. The Balaban J connectivity index is 2.19. The molecule has 0 radical (unpaired) electrons. The molecule has 2 rings (SSSR count). The number of thioether (sulfide) groups is 1. The van der Waals surface area contributed by atoms with Crippen molar-refractivity contribution in [1.29, 1.82) is 0 Å². The zero-order valence-electron chi connectivity index (χ0n) is 9.32. The van der Waals surface area contributed by atoms with Gasteiger partial charge in [-0.15, -0.1) is 0 Å². The highest BCUT2D eigenvalue weighted by Gasteiger charge is 2.61. The van der Waals surface area contributed by atoms with E-state index < -0.39 is 12.0 Å². The van der Waals surface area contributed by atoms with Gasteiger partial charge in [0, 0.05) is 10.2 Å². The number of nitrogens with two attached hydrogens (primary N) is 1. The molecule has 2 fully saturated rings. The summed E-state index contributed by atoms with van der Waals surface area (Å²) in [6, 6.07) is -0.666. The zero-order valence-corrected chi connectivity index (χ0v) is 10.1. The van der Waals surface area contributed by atoms with E-state index in [0.29, 0.717) is 5.92 Å². The Morgan fingerprint density at radius 3 is 2.47 bits per heavy atom. The Morgan fingerprint density at radius 1 is 1.53 bits per heavy atom. The van der Waals surface area contributed by atoms with Crippen LogP contribution in [0.15, 0.2) is 0 Å². The molecule has 0 aromatic heterocycles. The Labute approximate surface area is 94.8 Å². The molecule has 0 spiro atoms. The van der Waals surface area contributed by atoms with Crippen molar-refractivity contribution < 1.29 is 9.90 Å². The minimum atomic E-state index is -0.833. The maximum Gasteiger partial charge on any atom is 0.321 e. The van der Waals surface area contributed by atoms with Gasteiger partial charge in [-0.05, 0) is 30.9 Å². The second-order valence-electron chi connectivity index (χ2n) is 5.34. The summed E-state index contributed by atoms with van der Waals surface area (Å²) in [6.45, 7) is 4.45. The van der Waals surface area contributed by atoms with E-state index in [1.54, 1.807) is 0 Å². The summed E-state index contributed by atoms with van der Waals surface area (Å²) in [5.41, 5.74) is 5.75. The van der Waals surface area contributed by atoms with Crippen LogP contribution in [-0.2, 0) is 4.79 Å². The summed E-state index contributed by atoms with van der Waals surface area (Å²) in [7, 11) is 0. The lowest BCUT2D eigenvalue weighted by molar-refractivity contribution is -0.141. The minimum Gasteiger partial charge on any atom is -0.480 e. The van der Waals surface area contributed by atoms with Gasteiger partial charge in [0.15, 0.2) is 0 Å². The molecule has 1 aliphatic carbocycles. The van der Waals surface area contributed by atoms with Crippen molar-refractivity contribution in [3.63, 3.8) is 0 Å². The Bertz CT molecular complexity index is 286. The van der Waals surface area contributed by atoms with Crippen LogP contribution in [0.2, 0.25) is 0 Å². The molecule has 0 bridgehead atoms. The quantitative estimate of drug-likeness (QED) is 0.773. The fourth-order valence-corrected chi connectivity index (χ4v) is 4.57. The van der Waals surface area contributed by atoms with Gasteiger partial charge in [-0.3, -0.25) is 4.79 Å². The summed E-state index contributed by atoms with van der Waals surface area (Å²) in [5, 5.41) is 9.06. The van der Waals surface area contributed by atoms with Crippen molar-refractivity contribution in [1.82, 2.24) is 0 Å². The van der Waals surface area contributed by atoms with Crippen LogP contribution in [0.3, 0.4) is 0 Å². The highest BCUT2D eigenvalue weighted by atomic mass is 32.2. The molecule has 2 atom stereocenters. The highest BCUT2D eigenvalue weighted by Crippen LogP contribution is 2.63. The third-order valence-corrected chi connectivity index (χ3v) is 5.59. The summed E-state index contributed by atoms with van der Waals surface area (Å²) >= 11 is 1.96. The van der Waals surface area contributed by atoms with Crippen molar-refractivity contribution in [3.05, 3.63) is 0 Å². The standard InChI is InChI=1S/C11H19NO2S/c1-10(2)7(3-6-15-10)11(4-5-11)8(12)9(13)14/h7-8H,3-6,12H2,1-2H3,(H,13,14). The Morgan fingerprint density at radius 2 is 2.13 bits per heavy atom. The topological polar surface area (TPSA) is 63.3 Å². The molecule has 2 aliphatic rings. The lowest BCUT2D eigenvalue weighted by atomic mass is 9.74. The van der Waals surface area contributed by atoms with Crippen LogP contribution in [0.1, 0.15) is 33.1 Å². The third-order valence-electron chi connectivity index (χ3n) is 4.13. The molecule has 1 saturated heterocycles. The number of carboxylic acids is 1. The highest BCUT2D eigenvalue weighted by molar-refractivity contribution is 8.00. The van der Waals surface area contributed by atoms with Gasteiger partial charge in [0.2, 0.25) is 0 Å². The largest absolute Gasteiger partial charge is 0.480 e. The van der Waals surface area contributed by atoms with Crippen LogP contribution in [0, 0.1) is 11.3 Å². The molecule has 1 heterocycles. The fraction of sp³-hybridized carbons (Fsp3) is 0.909. The lowest BCUT2D eigenvalue weighted by Crippen LogP contribution is -2.47. The van der Waals surface area contributed by atoms with Gasteiger partial charge in [0.25, 0.3) is 0 Å². The first-order valence-corrected chi connectivity index (χ1v) is 6.51. The van der Waals surface area contributed by atoms with Crippen LogP contribution >= 0.6 is 11.8 Å². The monoisotopic (exact) mass is 229 g/mol. The van der Waals surface area contributed by atoms with Gasteiger partial charge < -0.3 is 10.8 Å². The van der Waals surface area contributed by atoms with Gasteiger partial charge in [0.1, 0.15) is 6.04 Å². The maximum atomic E-state index is 11.0. The molecular weight excluding hydrogens is 210 g/mol. The maximum absolute atomic E-state index is 11.0. The first-order chi connectivity index (χ1) is 6.90. The minimum absolute atomic E-state index is 0.0984. The number of aliphatic carboxylic acids is 1. The van der Waals surface area contributed by atoms with E-state index in [-0.39, 0.29) is 10.2 Å². The van der Waals surface area contributed by atoms with Crippen molar-refractivity contribution >= 4 is 17.7 Å². The van der Waals surface area contributed by atoms with Crippen LogP contribution in [0.5, 0.6) is 0 Å². The number of hydrogen-bond donors (Lipinski definition) is 2. The van der Waals surface area contributed by atoms with Gasteiger partial charge in [-0.2, -0.15) is 11.8 Å². The van der Waals surface area contributed by atoms with E-state index in [0.717, 1.165) is 25.0 Å². The van der Waals surface area contributed by atoms with Crippen molar-refractivity contribution in [2.45, 2.75) is 43.9 Å². The molecular formula is C11H19NO2S. The molecule has 15 heavy (non-hydrogen) atoms. The van der Waals surface area contributed by atoms with E-state index in [1.807, 2.05) is 11.8 Å². The van der Waals surface area contributed by atoms with Gasteiger partial charge >= 0.3 is 5.97 Å². The Kier molecular flexibility index (Phi) is 2.54. The average molecular weight is 229 g/mol. The first-order valence-electron chi connectivity index (χ1n) is 5.52.